The van der Waals surface area contributed by atoms with Crippen molar-refractivity contribution in [1.29, 1.82) is 0 Å². The van der Waals surface area contributed by atoms with Gasteiger partial charge in [-0.3, -0.25) is 9.59 Å². The summed E-state index contributed by atoms with van der Waals surface area (Å²) in [5.41, 5.74) is 0.354. The number of hydrogen-bond donors (Lipinski definition) is 2. The zero-order valence-corrected chi connectivity index (χ0v) is 15.9. The number of sulfone groups is 1. The molecule has 1 aliphatic carbocycles. The SMILES string of the molecule is CC1(NC(=O)Nc2cccc3c2C(=O)c2ccccc2C3=O)CCS(=O)(=O)C1. The molecule has 1 heterocycles. The fourth-order valence-electron chi connectivity index (χ4n) is 3.79. The highest BCUT2D eigenvalue weighted by Gasteiger charge is 2.40. The zero-order chi connectivity index (χ0) is 20.1. The Balaban J connectivity index is 1.63. The summed E-state index contributed by atoms with van der Waals surface area (Å²) in [6.07, 6.45) is 0.320. The van der Waals surface area contributed by atoms with Gasteiger partial charge in [-0.25, -0.2) is 13.2 Å². The van der Waals surface area contributed by atoms with Crippen LogP contribution in [0.5, 0.6) is 0 Å². The number of amides is 2. The van der Waals surface area contributed by atoms with E-state index < -0.39 is 21.4 Å². The van der Waals surface area contributed by atoms with E-state index in [1.54, 1.807) is 49.4 Å². The van der Waals surface area contributed by atoms with E-state index in [4.69, 9.17) is 0 Å². The van der Waals surface area contributed by atoms with Crippen molar-refractivity contribution in [3.63, 3.8) is 0 Å². The van der Waals surface area contributed by atoms with Gasteiger partial charge in [-0.05, 0) is 19.4 Å². The van der Waals surface area contributed by atoms with E-state index in [0.717, 1.165) is 0 Å². The molecule has 4 rings (SSSR count). The Labute approximate surface area is 162 Å². The molecule has 0 radical (unpaired) electrons. The van der Waals surface area contributed by atoms with E-state index in [-0.39, 0.29) is 39.9 Å². The minimum Gasteiger partial charge on any atom is -0.332 e. The van der Waals surface area contributed by atoms with E-state index in [1.165, 1.54) is 0 Å². The fourth-order valence-corrected chi connectivity index (χ4v) is 5.88. The second-order valence-electron chi connectivity index (χ2n) is 7.41. The lowest BCUT2D eigenvalue weighted by atomic mass is 9.83. The second-order valence-corrected chi connectivity index (χ2v) is 9.60. The monoisotopic (exact) mass is 398 g/mol. The molecule has 1 aliphatic heterocycles. The number of urea groups is 1. The molecule has 8 heteroatoms. The van der Waals surface area contributed by atoms with Crippen molar-refractivity contribution in [2.24, 2.45) is 0 Å². The largest absolute Gasteiger partial charge is 0.332 e. The number of benzene rings is 2. The molecular weight excluding hydrogens is 380 g/mol. The highest BCUT2D eigenvalue weighted by molar-refractivity contribution is 7.91. The summed E-state index contributed by atoms with van der Waals surface area (Å²) < 4.78 is 23.4. The van der Waals surface area contributed by atoms with E-state index >= 15 is 0 Å². The molecule has 28 heavy (non-hydrogen) atoms. The lowest BCUT2D eigenvalue weighted by Gasteiger charge is -2.25. The van der Waals surface area contributed by atoms with Crippen LogP contribution in [0.25, 0.3) is 0 Å². The number of nitrogens with one attached hydrogen (secondary N) is 2. The molecule has 7 nitrogen and oxygen atoms in total. The average molecular weight is 398 g/mol. The van der Waals surface area contributed by atoms with Gasteiger partial charge in [0.25, 0.3) is 0 Å². The second kappa shape index (κ2) is 6.27. The fraction of sp³-hybridized carbons (Fsp3) is 0.250. The molecule has 0 aromatic heterocycles. The number of anilines is 1. The Hall–Kier alpha value is -3.00. The van der Waals surface area contributed by atoms with Gasteiger partial charge in [-0.15, -0.1) is 0 Å². The van der Waals surface area contributed by atoms with Crippen LogP contribution in [-0.4, -0.2) is 43.1 Å². The molecule has 1 saturated heterocycles. The Morgan fingerprint density at radius 3 is 2.25 bits per heavy atom. The third-order valence-corrected chi connectivity index (χ3v) is 7.02. The quantitative estimate of drug-likeness (QED) is 0.687. The van der Waals surface area contributed by atoms with Gasteiger partial charge in [0.1, 0.15) is 0 Å². The standard InChI is InChI=1S/C20H18N2O5S/c1-20(9-10-28(26,27)11-20)22-19(25)21-15-8-4-7-14-16(15)18(24)13-6-3-2-5-12(13)17(14)23/h2-8H,9-11H2,1H3,(H2,21,22,25). The van der Waals surface area contributed by atoms with Crippen LogP contribution < -0.4 is 10.6 Å². The predicted octanol–water partition coefficient (Wildman–Crippen LogP) is 2.16. The number of hydrogen-bond acceptors (Lipinski definition) is 5. The van der Waals surface area contributed by atoms with Crippen LogP contribution in [0.1, 0.15) is 45.2 Å². The third-order valence-electron chi connectivity index (χ3n) is 5.12. The summed E-state index contributed by atoms with van der Waals surface area (Å²) in [5.74, 6) is -0.724. The van der Waals surface area contributed by atoms with Crippen LogP contribution in [0.4, 0.5) is 10.5 Å². The van der Waals surface area contributed by atoms with Crippen LogP contribution in [0.15, 0.2) is 42.5 Å². The molecule has 0 bridgehead atoms. The predicted molar refractivity (Wildman–Crippen MR) is 104 cm³/mol. The number of fused-ring (bicyclic) bond motifs is 2. The Morgan fingerprint density at radius 1 is 0.964 bits per heavy atom. The molecular formula is C20H18N2O5S. The summed E-state index contributed by atoms with van der Waals surface area (Å²) in [6, 6.07) is 10.6. The topological polar surface area (TPSA) is 109 Å². The van der Waals surface area contributed by atoms with Crippen molar-refractivity contribution in [1.82, 2.24) is 5.32 Å². The van der Waals surface area contributed by atoms with Crippen molar-refractivity contribution in [3.05, 3.63) is 64.7 Å². The molecule has 1 atom stereocenters. The van der Waals surface area contributed by atoms with Crippen molar-refractivity contribution in [2.45, 2.75) is 18.9 Å². The molecule has 1 fully saturated rings. The zero-order valence-electron chi connectivity index (χ0n) is 15.1. The van der Waals surface area contributed by atoms with Crippen molar-refractivity contribution < 1.29 is 22.8 Å². The van der Waals surface area contributed by atoms with Gasteiger partial charge in [0.15, 0.2) is 21.4 Å². The first kappa shape index (κ1) is 18.4. The van der Waals surface area contributed by atoms with Gasteiger partial charge in [-0.1, -0.05) is 36.4 Å². The smallest absolute Gasteiger partial charge is 0.319 e. The normalized spacial score (nSPS) is 22.3. The van der Waals surface area contributed by atoms with E-state index in [0.29, 0.717) is 17.5 Å². The summed E-state index contributed by atoms with van der Waals surface area (Å²) in [5, 5.41) is 5.30. The maximum absolute atomic E-state index is 12.9. The van der Waals surface area contributed by atoms with Gasteiger partial charge in [0.05, 0.1) is 28.3 Å². The molecule has 0 spiro atoms. The average Bonchev–Trinajstić information content (AvgIpc) is 2.92. The molecule has 2 aromatic rings. The molecule has 1 unspecified atom stereocenters. The van der Waals surface area contributed by atoms with Gasteiger partial charge in [0, 0.05) is 16.7 Å². The first-order valence-electron chi connectivity index (χ1n) is 8.80. The van der Waals surface area contributed by atoms with E-state index in [9.17, 15) is 22.8 Å². The van der Waals surface area contributed by atoms with Crippen molar-refractivity contribution in [3.8, 4) is 0 Å². The van der Waals surface area contributed by atoms with Gasteiger partial charge >= 0.3 is 6.03 Å². The Morgan fingerprint density at radius 2 is 1.61 bits per heavy atom. The Kier molecular flexibility index (Phi) is 4.11. The highest BCUT2D eigenvalue weighted by Crippen LogP contribution is 2.32. The first-order valence-corrected chi connectivity index (χ1v) is 10.6. The van der Waals surface area contributed by atoms with Crippen LogP contribution in [0, 0.1) is 0 Å². The summed E-state index contributed by atoms with van der Waals surface area (Å²) in [6.45, 7) is 1.67. The molecule has 2 aliphatic rings. The number of carbonyl (C=O) groups is 3. The lowest BCUT2D eigenvalue weighted by Crippen LogP contribution is -2.48. The minimum atomic E-state index is -3.18. The van der Waals surface area contributed by atoms with Crippen LogP contribution in [0.3, 0.4) is 0 Å². The van der Waals surface area contributed by atoms with E-state index in [2.05, 4.69) is 10.6 Å². The maximum Gasteiger partial charge on any atom is 0.319 e. The van der Waals surface area contributed by atoms with Crippen LogP contribution >= 0.6 is 0 Å². The molecule has 2 amide bonds. The first-order chi connectivity index (χ1) is 13.2. The number of carbonyl (C=O) groups excluding carboxylic acids is 3. The van der Waals surface area contributed by atoms with Gasteiger partial charge < -0.3 is 10.6 Å². The molecule has 2 N–H and O–H groups in total. The number of rotatable bonds is 2. The third kappa shape index (κ3) is 3.09. The molecule has 144 valence electrons. The van der Waals surface area contributed by atoms with Crippen molar-refractivity contribution >= 4 is 33.1 Å². The summed E-state index contributed by atoms with van der Waals surface area (Å²) >= 11 is 0. The Bertz CT molecular complexity index is 1140. The maximum atomic E-state index is 12.9. The lowest BCUT2D eigenvalue weighted by molar-refractivity contribution is 0.0979. The van der Waals surface area contributed by atoms with Gasteiger partial charge in [-0.2, -0.15) is 0 Å². The summed E-state index contributed by atoms with van der Waals surface area (Å²) in [7, 11) is -3.18. The van der Waals surface area contributed by atoms with Crippen LogP contribution in [-0.2, 0) is 9.84 Å². The number of ketones is 2. The van der Waals surface area contributed by atoms with E-state index in [1.807, 2.05) is 0 Å². The molecule has 2 aromatic carbocycles. The minimum absolute atomic E-state index is 0.0221. The van der Waals surface area contributed by atoms with Gasteiger partial charge in [0.2, 0.25) is 0 Å². The molecule has 0 saturated carbocycles. The van der Waals surface area contributed by atoms with Crippen LogP contribution in [0.2, 0.25) is 0 Å². The van der Waals surface area contributed by atoms with Crippen molar-refractivity contribution in [2.75, 3.05) is 16.8 Å². The summed E-state index contributed by atoms with van der Waals surface area (Å²) in [4.78, 5) is 38.2. The highest BCUT2D eigenvalue weighted by atomic mass is 32.2.